The average Bonchev–Trinajstić information content (AvgIpc) is 3.18. The van der Waals surface area contributed by atoms with Crippen molar-refractivity contribution in [3.63, 3.8) is 0 Å². The molecule has 8 heteroatoms. The molecule has 1 saturated heterocycles. The van der Waals surface area contributed by atoms with Gasteiger partial charge in [-0.05, 0) is 55.7 Å². The number of allylic oxidation sites excluding steroid dienone is 2. The topological polar surface area (TPSA) is 82.6 Å². The van der Waals surface area contributed by atoms with Gasteiger partial charge in [-0.3, -0.25) is 9.69 Å². The lowest BCUT2D eigenvalue weighted by Crippen LogP contribution is -2.38. The largest absolute Gasteiger partial charge is 0.495 e. The summed E-state index contributed by atoms with van der Waals surface area (Å²) in [6.45, 7) is 8.50. The molecule has 2 heterocycles. The molecule has 0 radical (unpaired) electrons. The van der Waals surface area contributed by atoms with E-state index in [-0.39, 0.29) is 5.78 Å². The Morgan fingerprint density at radius 1 is 1.11 bits per heavy atom. The lowest BCUT2D eigenvalue weighted by molar-refractivity contribution is -0.111. The molecule has 0 aliphatic carbocycles. The summed E-state index contributed by atoms with van der Waals surface area (Å²) >= 11 is 6.34. The van der Waals surface area contributed by atoms with Gasteiger partial charge in [0.05, 0.1) is 36.4 Å². The fourth-order valence-corrected chi connectivity index (χ4v) is 4.95. The van der Waals surface area contributed by atoms with Crippen LogP contribution in [0.5, 0.6) is 5.75 Å². The standard InChI is InChI=1S/C27H33ClN4O3/c1-18(29)27(19(2)33)21-6-7-24-23(17-21)30-26(32(24)11-10-31-12-14-35-15-13-31)9-5-20-4-8-25(34-3)22(28)16-20/h4,6-8,16-17H,5,9-15,29H2,1-3H3/b27-18+. The number of ketones is 1. The van der Waals surface area contributed by atoms with E-state index in [1.54, 1.807) is 21.0 Å². The number of carbonyl (C=O) groups excluding carboxylic acids is 1. The molecule has 2 aromatic carbocycles. The number of nitrogens with zero attached hydrogens (tertiary/aromatic N) is 3. The Labute approximate surface area is 211 Å². The van der Waals surface area contributed by atoms with E-state index in [2.05, 4.69) is 15.5 Å². The van der Waals surface area contributed by atoms with Crippen molar-refractivity contribution < 1.29 is 14.3 Å². The van der Waals surface area contributed by atoms with Crippen LogP contribution in [0.1, 0.15) is 30.8 Å². The molecule has 1 aromatic heterocycles. The highest BCUT2D eigenvalue weighted by atomic mass is 35.5. The van der Waals surface area contributed by atoms with Crippen LogP contribution in [-0.4, -0.2) is 60.2 Å². The number of nitrogens with two attached hydrogens (primary N) is 1. The van der Waals surface area contributed by atoms with Crippen LogP contribution in [0.4, 0.5) is 0 Å². The maximum absolute atomic E-state index is 12.2. The van der Waals surface area contributed by atoms with Crippen LogP contribution < -0.4 is 10.5 Å². The van der Waals surface area contributed by atoms with Crippen LogP contribution in [0.15, 0.2) is 42.1 Å². The fraction of sp³-hybridized carbons (Fsp3) is 0.407. The molecular formula is C27H33ClN4O3. The highest BCUT2D eigenvalue weighted by molar-refractivity contribution is 6.32. The summed E-state index contributed by atoms with van der Waals surface area (Å²) < 4.78 is 13.1. The molecule has 0 bridgehead atoms. The molecule has 35 heavy (non-hydrogen) atoms. The molecule has 1 aliphatic heterocycles. The Morgan fingerprint density at radius 2 is 1.89 bits per heavy atom. The third kappa shape index (κ3) is 5.86. The number of hydrogen-bond donors (Lipinski definition) is 1. The van der Waals surface area contributed by atoms with Gasteiger partial charge in [0.1, 0.15) is 11.6 Å². The summed E-state index contributed by atoms with van der Waals surface area (Å²) in [7, 11) is 1.62. The summed E-state index contributed by atoms with van der Waals surface area (Å²) in [6, 6.07) is 11.9. The van der Waals surface area contributed by atoms with Crippen LogP contribution in [0, 0.1) is 0 Å². The first-order valence-corrected chi connectivity index (χ1v) is 12.3. The highest BCUT2D eigenvalue weighted by Gasteiger charge is 2.17. The van der Waals surface area contributed by atoms with Crippen molar-refractivity contribution in [2.75, 3.05) is 40.0 Å². The van der Waals surface area contributed by atoms with Gasteiger partial charge in [0.25, 0.3) is 0 Å². The second-order valence-corrected chi connectivity index (χ2v) is 9.33. The summed E-state index contributed by atoms with van der Waals surface area (Å²) in [5.74, 6) is 1.63. The van der Waals surface area contributed by atoms with Crippen LogP contribution >= 0.6 is 11.6 Å². The quantitative estimate of drug-likeness (QED) is 0.449. The van der Waals surface area contributed by atoms with Crippen molar-refractivity contribution in [2.45, 2.75) is 33.2 Å². The first-order valence-electron chi connectivity index (χ1n) is 12.0. The average molecular weight is 497 g/mol. The third-order valence-corrected chi connectivity index (χ3v) is 6.75. The number of hydrogen-bond acceptors (Lipinski definition) is 6. The minimum atomic E-state index is -0.0484. The fourth-order valence-electron chi connectivity index (χ4n) is 4.67. The summed E-state index contributed by atoms with van der Waals surface area (Å²) in [4.78, 5) is 19.6. The number of benzene rings is 2. The minimum Gasteiger partial charge on any atom is -0.495 e. The molecule has 3 aromatic rings. The van der Waals surface area contributed by atoms with E-state index in [1.165, 1.54) is 0 Å². The first kappa shape index (κ1) is 25.2. The van der Waals surface area contributed by atoms with Crippen molar-refractivity contribution in [1.82, 2.24) is 14.5 Å². The van der Waals surface area contributed by atoms with Crippen LogP contribution in [-0.2, 0) is 28.9 Å². The second kappa shape index (κ2) is 11.2. The number of methoxy groups -OCH3 is 1. The number of halogens is 1. The highest BCUT2D eigenvalue weighted by Crippen LogP contribution is 2.27. The van der Waals surface area contributed by atoms with E-state index in [0.717, 1.165) is 80.2 Å². The van der Waals surface area contributed by atoms with E-state index in [1.807, 2.05) is 30.3 Å². The van der Waals surface area contributed by atoms with Gasteiger partial charge in [-0.2, -0.15) is 0 Å². The SMILES string of the molecule is COc1ccc(CCc2nc3cc(/C(C(C)=O)=C(\C)N)ccc3n2CCN2CCOCC2)cc1Cl. The van der Waals surface area contributed by atoms with Gasteiger partial charge in [-0.15, -0.1) is 0 Å². The molecule has 0 amide bonds. The van der Waals surface area contributed by atoms with Crippen molar-refractivity contribution in [3.8, 4) is 5.75 Å². The van der Waals surface area contributed by atoms with Gasteiger partial charge >= 0.3 is 0 Å². The Bertz CT molecular complexity index is 1240. The monoisotopic (exact) mass is 496 g/mol. The van der Waals surface area contributed by atoms with E-state index in [4.69, 9.17) is 31.8 Å². The van der Waals surface area contributed by atoms with Crippen molar-refractivity contribution >= 4 is 34.0 Å². The molecule has 1 fully saturated rings. The number of fused-ring (bicyclic) bond motifs is 1. The second-order valence-electron chi connectivity index (χ2n) is 8.92. The number of aryl methyl sites for hydroxylation is 2. The molecule has 2 N–H and O–H groups in total. The molecule has 1 aliphatic rings. The number of ether oxygens (including phenoxy) is 2. The van der Waals surface area contributed by atoms with Gasteiger partial charge in [0.2, 0.25) is 0 Å². The number of morpholine rings is 1. The zero-order valence-electron chi connectivity index (χ0n) is 20.6. The van der Waals surface area contributed by atoms with E-state index in [0.29, 0.717) is 22.0 Å². The summed E-state index contributed by atoms with van der Waals surface area (Å²) in [5, 5.41) is 0.608. The lowest BCUT2D eigenvalue weighted by atomic mass is 10.0. The van der Waals surface area contributed by atoms with Gasteiger partial charge in [0, 0.05) is 43.9 Å². The Hall–Kier alpha value is -2.87. The van der Waals surface area contributed by atoms with E-state index < -0.39 is 0 Å². The van der Waals surface area contributed by atoms with Crippen molar-refractivity contribution in [3.05, 3.63) is 64.1 Å². The maximum atomic E-state index is 12.2. The molecule has 0 atom stereocenters. The Morgan fingerprint density at radius 3 is 2.54 bits per heavy atom. The number of aromatic nitrogens is 2. The van der Waals surface area contributed by atoms with Crippen LogP contribution in [0.2, 0.25) is 5.02 Å². The maximum Gasteiger partial charge on any atom is 0.162 e. The predicted octanol–water partition coefficient (Wildman–Crippen LogP) is 4.09. The molecule has 0 unspecified atom stereocenters. The van der Waals surface area contributed by atoms with E-state index in [9.17, 15) is 4.79 Å². The number of rotatable bonds is 9. The molecule has 4 rings (SSSR count). The number of Topliss-reactive ketones (excluding diaryl/α,β-unsaturated/α-hetero) is 1. The molecule has 186 valence electrons. The zero-order chi connectivity index (χ0) is 24.9. The molecule has 0 saturated carbocycles. The van der Waals surface area contributed by atoms with Crippen molar-refractivity contribution in [2.24, 2.45) is 5.73 Å². The van der Waals surface area contributed by atoms with Crippen LogP contribution in [0.3, 0.4) is 0 Å². The van der Waals surface area contributed by atoms with Gasteiger partial charge < -0.3 is 19.8 Å². The smallest absolute Gasteiger partial charge is 0.162 e. The molecular weight excluding hydrogens is 464 g/mol. The molecule has 7 nitrogen and oxygen atoms in total. The number of carbonyl (C=O) groups is 1. The molecule has 0 spiro atoms. The van der Waals surface area contributed by atoms with Gasteiger partial charge in [-0.25, -0.2) is 4.98 Å². The third-order valence-electron chi connectivity index (χ3n) is 6.46. The Kier molecular flexibility index (Phi) is 8.11. The van der Waals surface area contributed by atoms with Crippen molar-refractivity contribution in [1.29, 1.82) is 0 Å². The normalized spacial score (nSPS) is 15.3. The predicted molar refractivity (Wildman–Crippen MR) is 140 cm³/mol. The minimum absolute atomic E-state index is 0.0484. The number of imidazole rings is 1. The summed E-state index contributed by atoms with van der Waals surface area (Å²) in [6.07, 6.45) is 1.57. The van der Waals surface area contributed by atoms with Gasteiger partial charge in [0.15, 0.2) is 5.78 Å². The van der Waals surface area contributed by atoms with Crippen LogP contribution in [0.25, 0.3) is 16.6 Å². The Balaban J connectivity index is 1.65. The first-order chi connectivity index (χ1) is 16.9. The summed E-state index contributed by atoms with van der Waals surface area (Å²) in [5.41, 5.74) is 10.9. The zero-order valence-corrected chi connectivity index (χ0v) is 21.4. The lowest BCUT2D eigenvalue weighted by Gasteiger charge is -2.27. The van der Waals surface area contributed by atoms with Gasteiger partial charge in [-0.1, -0.05) is 23.7 Å². The van der Waals surface area contributed by atoms with E-state index >= 15 is 0 Å².